The van der Waals surface area contributed by atoms with E-state index in [0.717, 1.165) is 5.57 Å². The van der Waals surface area contributed by atoms with E-state index in [9.17, 15) is 9.59 Å². The van der Waals surface area contributed by atoms with E-state index in [1.165, 1.54) is 6.08 Å². The Morgan fingerprint density at radius 1 is 1.33 bits per heavy atom. The van der Waals surface area contributed by atoms with Gasteiger partial charge in [0.1, 0.15) is 0 Å². The lowest BCUT2D eigenvalue weighted by Gasteiger charge is -2.05. The van der Waals surface area contributed by atoms with E-state index in [1.54, 1.807) is 31.2 Å². The van der Waals surface area contributed by atoms with E-state index >= 15 is 0 Å². The van der Waals surface area contributed by atoms with Crippen molar-refractivity contribution in [3.63, 3.8) is 0 Å². The fourth-order valence-electron chi connectivity index (χ4n) is 1.38. The van der Waals surface area contributed by atoms with Crippen molar-refractivity contribution < 1.29 is 14.3 Å². The highest BCUT2D eigenvalue weighted by Gasteiger charge is 2.07. The van der Waals surface area contributed by atoms with E-state index in [2.05, 4.69) is 5.32 Å². The molecule has 0 aromatic heterocycles. The van der Waals surface area contributed by atoms with Crippen LogP contribution in [0.1, 0.15) is 31.1 Å². The Morgan fingerprint density at radius 3 is 2.67 bits per heavy atom. The lowest BCUT2D eigenvalue weighted by atomic mass is 10.2. The molecule has 0 bridgehead atoms. The quantitative estimate of drug-likeness (QED) is 0.657. The minimum atomic E-state index is -0.393. The second-order valence-corrected chi connectivity index (χ2v) is 4.01. The van der Waals surface area contributed by atoms with Gasteiger partial charge in [0.25, 0.3) is 0 Å². The van der Waals surface area contributed by atoms with Crippen LogP contribution in [0.5, 0.6) is 0 Å². The van der Waals surface area contributed by atoms with Crippen LogP contribution >= 0.6 is 0 Å². The molecule has 0 aliphatic heterocycles. The molecule has 0 fully saturated rings. The van der Waals surface area contributed by atoms with E-state index in [0.29, 0.717) is 17.9 Å². The van der Waals surface area contributed by atoms with Crippen molar-refractivity contribution in [1.29, 1.82) is 0 Å². The molecule has 4 nitrogen and oxygen atoms in total. The van der Waals surface area contributed by atoms with Gasteiger partial charge in [-0.1, -0.05) is 11.6 Å². The highest BCUT2D eigenvalue weighted by Crippen LogP contribution is 2.12. The van der Waals surface area contributed by atoms with Crippen LogP contribution in [-0.2, 0) is 9.53 Å². The first-order valence-corrected chi connectivity index (χ1v) is 5.76. The average Bonchev–Trinajstić information content (AvgIpc) is 2.28. The smallest absolute Gasteiger partial charge is 0.338 e. The molecular formula is C14H17NO3. The van der Waals surface area contributed by atoms with Crippen molar-refractivity contribution in [2.45, 2.75) is 20.8 Å². The van der Waals surface area contributed by atoms with Crippen molar-refractivity contribution in [1.82, 2.24) is 0 Å². The number of carbonyl (C=O) groups excluding carboxylic acids is 2. The van der Waals surface area contributed by atoms with Gasteiger partial charge in [-0.15, -0.1) is 0 Å². The summed E-state index contributed by atoms with van der Waals surface area (Å²) in [4.78, 5) is 23.0. The van der Waals surface area contributed by atoms with Gasteiger partial charge in [0.2, 0.25) is 5.91 Å². The Labute approximate surface area is 107 Å². The van der Waals surface area contributed by atoms with E-state index in [1.807, 2.05) is 13.8 Å². The summed E-state index contributed by atoms with van der Waals surface area (Å²) in [5.74, 6) is -0.605. The zero-order chi connectivity index (χ0) is 13.5. The summed E-state index contributed by atoms with van der Waals surface area (Å²) in [6.07, 6.45) is 1.50. The second-order valence-electron chi connectivity index (χ2n) is 4.01. The molecule has 1 aromatic rings. The van der Waals surface area contributed by atoms with Crippen LogP contribution in [0.4, 0.5) is 5.69 Å². The molecule has 0 unspecified atom stereocenters. The molecule has 0 spiro atoms. The maximum atomic E-state index is 11.5. The third-order valence-corrected chi connectivity index (χ3v) is 2.06. The Kier molecular flexibility index (Phi) is 5.11. The Morgan fingerprint density at radius 2 is 2.06 bits per heavy atom. The number of allylic oxidation sites excluding steroid dienone is 1. The zero-order valence-corrected chi connectivity index (χ0v) is 10.8. The molecule has 0 saturated heterocycles. The van der Waals surface area contributed by atoms with Crippen molar-refractivity contribution in [3.8, 4) is 0 Å². The number of benzene rings is 1. The SMILES string of the molecule is CCOC(=O)c1cccc(NC(=O)C=C(C)C)c1. The lowest BCUT2D eigenvalue weighted by Crippen LogP contribution is -2.10. The van der Waals surface area contributed by atoms with Gasteiger partial charge < -0.3 is 10.1 Å². The van der Waals surface area contributed by atoms with Crippen LogP contribution in [0, 0.1) is 0 Å². The van der Waals surface area contributed by atoms with Crippen LogP contribution in [0.25, 0.3) is 0 Å². The molecule has 0 aliphatic rings. The number of hydrogen-bond acceptors (Lipinski definition) is 3. The number of hydrogen-bond donors (Lipinski definition) is 1. The monoisotopic (exact) mass is 247 g/mol. The molecule has 0 atom stereocenters. The number of amides is 1. The minimum absolute atomic E-state index is 0.212. The molecular weight excluding hydrogens is 230 g/mol. The summed E-state index contributed by atoms with van der Waals surface area (Å²) >= 11 is 0. The second kappa shape index (κ2) is 6.59. The molecule has 1 N–H and O–H groups in total. The fraction of sp³-hybridized carbons (Fsp3) is 0.286. The fourth-order valence-corrected chi connectivity index (χ4v) is 1.38. The van der Waals surface area contributed by atoms with Crippen molar-refractivity contribution in [2.24, 2.45) is 0 Å². The maximum absolute atomic E-state index is 11.5. The van der Waals surface area contributed by atoms with Gasteiger partial charge >= 0.3 is 5.97 Å². The molecule has 4 heteroatoms. The summed E-state index contributed by atoms with van der Waals surface area (Å²) < 4.78 is 4.89. The Bertz CT molecular complexity index is 474. The molecule has 18 heavy (non-hydrogen) atoms. The lowest BCUT2D eigenvalue weighted by molar-refractivity contribution is -0.111. The predicted molar refractivity (Wildman–Crippen MR) is 70.5 cm³/mol. The highest BCUT2D eigenvalue weighted by atomic mass is 16.5. The maximum Gasteiger partial charge on any atom is 0.338 e. The third-order valence-electron chi connectivity index (χ3n) is 2.06. The molecule has 0 aliphatic carbocycles. The number of ether oxygens (including phenoxy) is 1. The van der Waals surface area contributed by atoms with Gasteiger partial charge in [-0.3, -0.25) is 4.79 Å². The van der Waals surface area contributed by atoms with Crippen LogP contribution in [0.15, 0.2) is 35.9 Å². The van der Waals surface area contributed by atoms with Gasteiger partial charge in [-0.05, 0) is 39.0 Å². The van der Waals surface area contributed by atoms with E-state index in [-0.39, 0.29) is 5.91 Å². The molecule has 0 radical (unpaired) electrons. The third kappa shape index (κ3) is 4.41. The van der Waals surface area contributed by atoms with E-state index in [4.69, 9.17) is 4.74 Å². The first-order valence-electron chi connectivity index (χ1n) is 5.76. The normalized spacial score (nSPS) is 9.50. The number of rotatable bonds is 4. The largest absolute Gasteiger partial charge is 0.462 e. The summed E-state index contributed by atoms with van der Waals surface area (Å²) in [6, 6.07) is 6.66. The summed E-state index contributed by atoms with van der Waals surface area (Å²) in [5, 5.41) is 2.69. The number of carbonyl (C=O) groups is 2. The highest BCUT2D eigenvalue weighted by molar-refractivity contribution is 6.00. The molecule has 1 aromatic carbocycles. The molecule has 1 rings (SSSR count). The number of esters is 1. The first kappa shape index (κ1) is 14.0. The van der Waals surface area contributed by atoms with Crippen LogP contribution in [-0.4, -0.2) is 18.5 Å². The van der Waals surface area contributed by atoms with Crippen molar-refractivity contribution in [2.75, 3.05) is 11.9 Å². The summed E-state index contributed by atoms with van der Waals surface area (Å²) in [6.45, 7) is 5.76. The predicted octanol–water partition coefficient (Wildman–Crippen LogP) is 2.77. The van der Waals surface area contributed by atoms with Gasteiger partial charge in [0.05, 0.1) is 12.2 Å². The summed E-state index contributed by atoms with van der Waals surface area (Å²) in [5.41, 5.74) is 1.91. The molecule has 0 saturated carbocycles. The Balaban J connectivity index is 2.79. The van der Waals surface area contributed by atoms with Gasteiger partial charge in [-0.2, -0.15) is 0 Å². The van der Waals surface area contributed by atoms with Gasteiger partial charge in [0, 0.05) is 11.8 Å². The van der Waals surface area contributed by atoms with Gasteiger partial charge in [-0.25, -0.2) is 4.79 Å². The van der Waals surface area contributed by atoms with Crippen LogP contribution in [0.2, 0.25) is 0 Å². The molecule has 0 heterocycles. The topological polar surface area (TPSA) is 55.4 Å². The number of anilines is 1. The Hall–Kier alpha value is -2.10. The average molecular weight is 247 g/mol. The van der Waals surface area contributed by atoms with Gasteiger partial charge in [0.15, 0.2) is 0 Å². The molecule has 96 valence electrons. The standard InChI is InChI=1S/C14H17NO3/c1-4-18-14(17)11-6-5-7-12(9-11)15-13(16)8-10(2)3/h5-9H,4H2,1-3H3,(H,15,16). The minimum Gasteiger partial charge on any atom is -0.462 e. The molecule has 1 amide bonds. The van der Waals surface area contributed by atoms with Crippen LogP contribution in [0.3, 0.4) is 0 Å². The number of nitrogens with one attached hydrogen (secondary N) is 1. The zero-order valence-electron chi connectivity index (χ0n) is 10.8. The first-order chi connectivity index (χ1) is 8.52. The van der Waals surface area contributed by atoms with Crippen molar-refractivity contribution >= 4 is 17.6 Å². The van der Waals surface area contributed by atoms with E-state index < -0.39 is 5.97 Å². The van der Waals surface area contributed by atoms with Crippen LogP contribution < -0.4 is 5.32 Å². The summed E-state index contributed by atoms with van der Waals surface area (Å²) in [7, 11) is 0. The van der Waals surface area contributed by atoms with Crippen molar-refractivity contribution in [3.05, 3.63) is 41.5 Å².